The van der Waals surface area contributed by atoms with Gasteiger partial charge in [0.2, 0.25) is 0 Å². The van der Waals surface area contributed by atoms with Gasteiger partial charge in [0.25, 0.3) is 5.91 Å². The van der Waals surface area contributed by atoms with Crippen molar-refractivity contribution in [2.75, 3.05) is 7.05 Å². The highest BCUT2D eigenvalue weighted by atomic mass is 79.9. The number of carbonyl (C=O) groups excluding carboxylic acids is 1. The van der Waals surface area contributed by atoms with Crippen LogP contribution in [0.1, 0.15) is 28.9 Å². The van der Waals surface area contributed by atoms with E-state index in [2.05, 4.69) is 20.9 Å². The van der Waals surface area contributed by atoms with Gasteiger partial charge in [0, 0.05) is 23.9 Å². The fourth-order valence-electron chi connectivity index (χ4n) is 1.89. The molecule has 0 spiro atoms. The van der Waals surface area contributed by atoms with E-state index in [1.807, 2.05) is 19.1 Å². The van der Waals surface area contributed by atoms with Crippen LogP contribution in [0.4, 0.5) is 4.39 Å². The fraction of sp³-hybridized carbons (Fsp3) is 0.200. The summed E-state index contributed by atoms with van der Waals surface area (Å²) in [5.74, 6) is -0.542. The minimum absolute atomic E-state index is 0.0950. The molecule has 0 aliphatic rings. The molecule has 2 rings (SSSR count). The number of hydrogen-bond donors (Lipinski definition) is 0. The Morgan fingerprint density at radius 2 is 1.95 bits per heavy atom. The van der Waals surface area contributed by atoms with E-state index in [9.17, 15) is 9.18 Å². The summed E-state index contributed by atoms with van der Waals surface area (Å²) >= 11 is 3.22. The fourth-order valence-corrected chi connectivity index (χ4v) is 2.41. The molecule has 0 fully saturated rings. The zero-order valence-corrected chi connectivity index (χ0v) is 12.8. The van der Waals surface area contributed by atoms with Crippen molar-refractivity contribution in [2.24, 2.45) is 0 Å². The van der Waals surface area contributed by atoms with Crippen molar-refractivity contribution in [3.05, 3.63) is 64.1 Å². The third-order valence-corrected chi connectivity index (χ3v) is 3.91. The van der Waals surface area contributed by atoms with Gasteiger partial charge in [0.1, 0.15) is 5.82 Å². The molecule has 1 amide bonds. The number of carbonyl (C=O) groups is 1. The second kappa shape index (κ2) is 6.13. The molecule has 2 aromatic rings. The summed E-state index contributed by atoms with van der Waals surface area (Å²) in [5, 5.41) is 0. The third-order valence-electron chi connectivity index (χ3n) is 3.25. The van der Waals surface area contributed by atoms with Crippen LogP contribution < -0.4 is 0 Å². The summed E-state index contributed by atoms with van der Waals surface area (Å²) in [4.78, 5) is 18.0. The van der Waals surface area contributed by atoms with Crippen LogP contribution in [0.5, 0.6) is 0 Å². The van der Waals surface area contributed by atoms with Gasteiger partial charge in [-0.1, -0.05) is 0 Å². The maximum atomic E-state index is 13.1. The van der Waals surface area contributed by atoms with E-state index >= 15 is 0 Å². The number of hydrogen-bond acceptors (Lipinski definition) is 2. The van der Waals surface area contributed by atoms with Gasteiger partial charge in [-0.05, 0) is 58.7 Å². The van der Waals surface area contributed by atoms with E-state index in [-0.39, 0.29) is 17.8 Å². The Morgan fingerprint density at radius 3 is 2.55 bits per heavy atom. The van der Waals surface area contributed by atoms with Gasteiger partial charge >= 0.3 is 0 Å². The lowest BCUT2D eigenvalue weighted by molar-refractivity contribution is 0.0741. The Morgan fingerprint density at radius 1 is 1.30 bits per heavy atom. The minimum Gasteiger partial charge on any atom is -0.335 e. The smallest absolute Gasteiger partial charge is 0.255 e. The number of pyridine rings is 1. The van der Waals surface area contributed by atoms with Crippen molar-refractivity contribution in [3.8, 4) is 0 Å². The van der Waals surface area contributed by atoms with E-state index in [0.29, 0.717) is 10.0 Å². The topological polar surface area (TPSA) is 33.2 Å². The number of aromatic nitrogens is 1. The van der Waals surface area contributed by atoms with Crippen LogP contribution in [0.3, 0.4) is 0 Å². The van der Waals surface area contributed by atoms with Crippen molar-refractivity contribution < 1.29 is 9.18 Å². The van der Waals surface area contributed by atoms with E-state index in [1.165, 1.54) is 18.2 Å². The molecular weight excluding hydrogens is 323 g/mol. The van der Waals surface area contributed by atoms with Gasteiger partial charge in [0.15, 0.2) is 0 Å². The van der Waals surface area contributed by atoms with Crippen molar-refractivity contribution in [1.29, 1.82) is 0 Å². The van der Waals surface area contributed by atoms with Gasteiger partial charge in [-0.2, -0.15) is 0 Å². The Kier molecular flexibility index (Phi) is 4.49. The van der Waals surface area contributed by atoms with Crippen LogP contribution in [-0.4, -0.2) is 22.8 Å². The molecule has 0 N–H and O–H groups in total. The lowest BCUT2D eigenvalue weighted by Gasteiger charge is -2.25. The molecule has 3 nitrogen and oxygen atoms in total. The molecule has 1 unspecified atom stereocenters. The molecule has 0 bridgehead atoms. The van der Waals surface area contributed by atoms with E-state index in [0.717, 1.165) is 5.56 Å². The van der Waals surface area contributed by atoms with Crippen LogP contribution in [0.15, 0.2) is 47.2 Å². The summed E-state index contributed by atoms with van der Waals surface area (Å²) in [6.45, 7) is 1.94. The maximum Gasteiger partial charge on any atom is 0.255 e. The van der Waals surface area contributed by atoms with Crippen LogP contribution in [-0.2, 0) is 0 Å². The predicted octanol–water partition coefficient (Wildman–Crippen LogP) is 3.82. The predicted molar refractivity (Wildman–Crippen MR) is 78.8 cm³/mol. The Bertz CT molecular complexity index is 619. The van der Waals surface area contributed by atoms with Crippen LogP contribution in [0.25, 0.3) is 0 Å². The normalized spacial score (nSPS) is 12.0. The summed E-state index contributed by atoms with van der Waals surface area (Å²) in [6, 6.07) is 7.70. The summed E-state index contributed by atoms with van der Waals surface area (Å²) in [6.07, 6.45) is 3.38. The summed E-state index contributed by atoms with van der Waals surface area (Å²) < 4.78 is 13.5. The average molecular weight is 337 g/mol. The Balaban J connectivity index is 2.24. The van der Waals surface area contributed by atoms with Gasteiger partial charge in [0.05, 0.1) is 11.6 Å². The summed E-state index contributed by atoms with van der Waals surface area (Å²) in [5.41, 5.74) is 1.43. The van der Waals surface area contributed by atoms with Crippen molar-refractivity contribution >= 4 is 21.8 Å². The molecule has 1 atom stereocenters. The molecule has 0 saturated heterocycles. The van der Waals surface area contributed by atoms with E-state index < -0.39 is 0 Å². The third kappa shape index (κ3) is 3.04. The Hall–Kier alpha value is -1.75. The van der Waals surface area contributed by atoms with Crippen molar-refractivity contribution in [1.82, 2.24) is 9.88 Å². The van der Waals surface area contributed by atoms with Crippen LogP contribution in [0.2, 0.25) is 0 Å². The minimum atomic E-state index is -0.377. The van der Waals surface area contributed by atoms with Gasteiger partial charge in [-0.25, -0.2) is 4.39 Å². The highest BCUT2D eigenvalue weighted by Gasteiger charge is 2.20. The molecule has 5 heteroatoms. The van der Waals surface area contributed by atoms with Crippen LogP contribution >= 0.6 is 15.9 Å². The first kappa shape index (κ1) is 14.7. The molecular formula is C15H14BrFN2O. The molecule has 0 aliphatic heterocycles. The van der Waals surface area contributed by atoms with Gasteiger partial charge < -0.3 is 4.90 Å². The first-order valence-corrected chi connectivity index (χ1v) is 6.92. The van der Waals surface area contributed by atoms with Crippen molar-refractivity contribution in [3.63, 3.8) is 0 Å². The number of rotatable bonds is 3. The van der Waals surface area contributed by atoms with Gasteiger partial charge in [-0.15, -0.1) is 0 Å². The highest BCUT2D eigenvalue weighted by molar-refractivity contribution is 9.10. The number of halogens is 2. The second-order valence-electron chi connectivity index (χ2n) is 4.50. The largest absolute Gasteiger partial charge is 0.335 e. The average Bonchev–Trinajstić information content (AvgIpc) is 2.46. The molecule has 1 heterocycles. The number of amides is 1. The van der Waals surface area contributed by atoms with Crippen molar-refractivity contribution in [2.45, 2.75) is 13.0 Å². The van der Waals surface area contributed by atoms with Gasteiger partial charge in [-0.3, -0.25) is 9.78 Å². The Labute approximate surface area is 125 Å². The first-order valence-electron chi connectivity index (χ1n) is 6.13. The van der Waals surface area contributed by atoms with E-state index in [1.54, 1.807) is 24.3 Å². The monoisotopic (exact) mass is 336 g/mol. The standard InChI is InChI=1S/C15H14BrFN2O/c1-10(11-5-7-18-8-6-11)19(2)15(20)13-4-3-12(17)9-14(13)16/h3-10H,1-2H3. The zero-order valence-electron chi connectivity index (χ0n) is 11.2. The maximum absolute atomic E-state index is 13.1. The molecule has 0 saturated carbocycles. The zero-order chi connectivity index (χ0) is 14.7. The van der Waals surface area contributed by atoms with E-state index in [4.69, 9.17) is 0 Å². The quantitative estimate of drug-likeness (QED) is 0.853. The highest BCUT2D eigenvalue weighted by Crippen LogP contribution is 2.24. The molecule has 1 aromatic heterocycles. The SMILES string of the molecule is CC(c1ccncc1)N(C)C(=O)c1ccc(F)cc1Br. The summed E-state index contributed by atoms with van der Waals surface area (Å²) in [7, 11) is 1.73. The molecule has 0 radical (unpaired) electrons. The lowest BCUT2D eigenvalue weighted by Crippen LogP contribution is -2.30. The molecule has 104 valence electrons. The number of benzene rings is 1. The molecule has 1 aromatic carbocycles. The first-order chi connectivity index (χ1) is 9.50. The lowest BCUT2D eigenvalue weighted by atomic mass is 10.1. The molecule has 0 aliphatic carbocycles. The van der Waals surface area contributed by atoms with Crippen LogP contribution in [0, 0.1) is 5.82 Å². The molecule has 20 heavy (non-hydrogen) atoms. The second-order valence-corrected chi connectivity index (χ2v) is 5.35. The number of nitrogens with zero attached hydrogens (tertiary/aromatic N) is 2.